The van der Waals surface area contributed by atoms with Crippen LogP contribution in [0.3, 0.4) is 0 Å². The van der Waals surface area contributed by atoms with Crippen molar-refractivity contribution < 1.29 is 9.53 Å². The number of hydrogen-bond donors (Lipinski definition) is 1. The lowest BCUT2D eigenvalue weighted by atomic mass is 9.99. The molecule has 1 fully saturated rings. The third-order valence-corrected chi connectivity index (χ3v) is 4.39. The van der Waals surface area contributed by atoms with E-state index >= 15 is 0 Å². The van der Waals surface area contributed by atoms with Gasteiger partial charge in [-0.3, -0.25) is 4.79 Å². The van der Waals surface area contributed by atoms with E-state index in [1.807, 2.05) is 28.7 Å². The first-order valence-corrected chi connectivity index (χ1v) is 7.79. The number of piperidine rings is 1. The van der Waals surface area contributed by atoms with Crippen LogP contribution in [0.4, 0.5) is 0 Å². The number of methoxy groups -OCH3 is 1. The molecule has 21 heavy (non-hydrogen) atoms. The maximum atomic E-state index is 12.7. The van der Waals surface area contributed by atoms with E-state index in [4.69, 9.17) is 10.5 Å². The second-order valence-electron chi connectivity index (χ2n) is 5.10. The van der Waals surface area contributed by atoms with Gasteiger partial charge < -0.3 is 19.9 Å². The smallest absolute Gasteiger partial charge is 0.270 e. The van der Waals surface area contributed by atoms with Crippen LogP contribution in [0.15, 0.2) is 16.7 Å². The predicted molar refractivity (Wildman–Crippen MR) is 89.0 cm³/mol. The monoisotopic (exact) mass is 379 g/mol. The second kappa shape index (κ2) is 8.17. The number of aromatic nitrogens is 1. The lowest BCUT2D eigenvalue weighted by molar-refractivity contribution is 0.0134. The van der Waals surface area contributed by atoms with Crippen molar-refractivity contribution in [3.05, 3.63) is 22.4 Å². The molecule has 0 radical (unpaired) electrons. The Kier molecular flexibility index (Phi) is 7.20. The number of rotatable bonds is 4. The fourth-order valence-corrected chi connectivity index (χ4v) is 3.25. The van der Waals surface area contributed by atoms with Crippen LogP contribution < -0.4 is 5.73 Å². The van der Waals surface area contributed by atoms with Gasteiger partial charge in [-0.15, -0.1) is 12.4 Å². The molecule has 1 amide bonds. The minimum absolute atomic E-state index is 0. The SMILES string of the molecule is CCn1cc(Br)cc1C(=O)N1CCC(OC)CC1CN.Cl. The summed E-state index contributed by atoms with van der Waals surface area (Å²) in [6, 6.07) is 1.93. The topological polar surface area (TPSA) is 60.5 Å². The zero-order chi connectivity index (χ0) is 14.7. The summed E-state index contributed by atoms with van der Waals surface area (Å²) < 4.78 is 8.29. The van der Waals surface area contributed by atoms with Gasteiger partial charge in [-0.1, -0.05) is 0 Å². The lowest BCUT2D eigenvalue weighted by Crippen LogP contribution is -2.51. The first-order chi connectivity index (χ1) is 9.60. The number of nitrogens with zero attached hydrogens (tertiary/aromatic N) is 2. The molecule has 7 heteroatoms. The third-order valence-electron chi connectivity index (χ3n) is 3.96. The summed E-state index contributed by atoms with van der Waals surface area (Å²) in [4.78, 5) is 14.6. The molecule has 1 aliphatic rings. The molecule has 2 unspecified atom stereocenters. The molecule has 0 aromatic carbocycles. The van der Waals surface area contributed by atoms with E-state index in [1.165, 1.54) is 0 Å². The Morgan fingerprint density at radius 2 is 2.29 bits per heavy atom. The van der Waals surface area contributed by atoms with Gasteiger partial charge in [0.1, 0.15) is 5.69 Å². The Hall–Kier alpha value is -0.560. The molecule has 2 rings (SSSR count). The Balaban J connectivity index is 0.00000220. The molecule has 0 spiro atoms. The standard InChI is InChI=1S/C14H22BrN3O2.ClH/c1-3-17-9-10(15)6-13(17)14(19)18-5-4-12(20-2)7-11(18)8-16;/h6,9,11-12H,3-5,7-8,16H2,1-2H3;1H. The van der Waals surface area contributed by atoms with Crippen LogP contribution in [-0.2, 0) is 11.3 Å². The molecular weight excluding hydrogens is 358 g/mol. The van der Waals surface area contributed by atoms with Crippen LogP contribution in [0.5, 0.6) is 0 Å². The van der Waals surface area contributed by atoms with Gasteiger partial charge in [-0.25, -0.2) is 0 Å². The Morgan fingerprint density at radius 3 is 2.86 bits per heavy atom. The molecule has 1 aromatic rings. The maximum absolute atomic E-state index is 12.7. The third kappa shape index (κ3) is 4.00. The molecule has 1 aromatic heterocycles. The van der Waals surface area contributed by atoms with Crippen molar-refractivity contribution in [3.63, 3.8) is 0 Å². The van der Waals surface area contributed by atoms with Crippen molar-refractivity contribution in [2.45, 2.75) is 38.5 Å². The number of ether oxygens (including phenoxy) is 1. The van der Waals surface area contributed by atoms with E-state index in [1.54, 1.807) is 7.11 Å². The fourth-order valence-electron chi connectivity index (χ4n) is 2.78. The minimum atomic E-state index is 0. The summed E-state index contributed by atoms with van der Waals surface area (Å²) in [5, 5.41) is 0. The molecule has 2 heterocycles. The lowest BCUT2D eigenvalue weighted by Gasteiger charge is -2.38. The number of hydrogen-bond acceptors (Lipinski definition) is 3. The summed E-state index contributed by atoms with van der Waals surface area (Å²) in [6.07, 6.45) is 3.82. The van der Waals surface area contributed by atoms with Crippen LogP contribution >= 0.6 is 28.3 Å². The average Bonchev–Trinajstić information content (AvgIpc) is 2.86. The molecule has 0 bridgehead atoms. The average molecular weight is 381 g/mol. The van der Waals surface area contributed by atoms with Gasteiger partial charge in [0.05, 0.1) is 6.10 Å². The van der Waals surface area contributed by atoms with Crippen LogP contribution in [0.25, 0.3) is 0 Å². The molecule has 1 aliphatic heterocycles. The van der Waals surface area contributed by atoms with Crippen molar-refractivity contribution in [2.75, 3.05) is 20.2 Å². The van der Waals surface area contributed by atoms with Crippen molar-refractivity contribution in [3.8, 4) is 0 Å². The number of likely N-dealkylation sites (tertiary alicyclic amines) is 1. The van der Waals surface area contributed by atoms with Crippen LogP contribution in [0.1, 0.15) is 30.3 Å². The summed E-state index contributed by atoms with van der Waals surface area (Å²) >= 11 is 3.43. The summed E-state index contributed by atoms with van der Waals surface area (Å²) in [7, 11) is 1.72. The largest absolute Gasteiger partial charge is 0.381 e. The highest BCUT2D eigenvalue weighted by molar-refractivity contribution is 9.10. The van der Waals surface area contributed by atoms with Crippen LogP contribution in [-0.4, -0.2) is 47.7 Å². The molecular formula is C14H23BrClN3O2. The van der Waals surface area contributed by atoms with Crippen LogP contribution in [0, 0.1) is 0 Å². The van der Waals surface area contributed by atoms with Crippen molar-refractivity contribution in [1.82, 2.24) is 9.47 Å². The van der Waals surface area contributed by atoms with E-state index in [0.717, 1.165) is 23.9 Å². The molecule has 0 saturated carbocycles. The number of halogens is 2. The Bertz CT molecular complexity index is 481. The van der Waals surface area contributed by atoms with E-state index in [0.29, 0.717) is 18.8 Å². The van der Waals surface area contributed by atoms with Gasteiger partial charge in [0.2, 0.25) is 0 Å². The number of aryl methyl sites for hydroxylation is 1. The quantitative estimate of drug-likeness (QED) is 0.871. The van der Waals surface area contributed by atoms with Gasteiger partial charge >= 0.3 is 0 Å². The highest BCUT2D eigenvalue weighted by Crippen LogP contribution is 2.23. The van der Waals surface area contributed by atoms with E-state index in [-0.39, 0.29) is 30.5 Å². The van der Waals surface area contributed by atoms with Crippen LogP contribution in [0.2, 0.25) is 0 Å². The molecule has 0 aliphatic carbocycles. The maximum Gasteiger partial charge on any atom is 0.270 e. The number of amides is 1. The second-order valence-corrected chi connectivity index (χ2v) is 6.02. The molecule has 5 nitrogen and oxygen atoms in total. The zero-order valence-electron chi connectivity index (χ0n) is 12.4. The molecule has 120 valence electrons. The summed E-state index contributed by atoms with van der Waals surface area (Å²) in [6.45, 7) is 3.97. The predicted octanol–water partition coefficient (Wildman–Crippen LogP) is 2.27. The van der Waals surface area contributed by atoms with Crippen molar-refractivity contribution in [2.24, 2.45) is 5.73 Å². The van der Waals surface area contributed by atoms with E-state index in [2.05, 4.69) is 15.9 Å². The molecule has 2 atom stereocenters. The highest BCUT2D eigenvalue weighted by atomic mass is 79.9. The Labute approximate surface area is 140 Å². The van der Waals surface area contributed by atoms with E-state index in [9.17, 15) is 4.79 Å². The van der Waals surface area contributed by atoms with E-state index < -0.39 is 0 Å². The van der Waals surface area contributed by atoms with Gasteiger partial charge in [0.15, 0.2) is 0 Å². The molecule has 2 N–H and O–H groups in total. The highest BCUT2D eigenvalue weighted by Gasteiger charge is 2.32. The number of carbonyl (C=O) groups is 1. The van der Waals surface area contributed by atoms with Gasteiger partial charge in [0.25, 0.3) is 5.91 Å². The minimum Gasteiger partial charge on any atom is -0.381 e. The molecule has 1 saturated heterocycles. The van der Waals surface area contributed by atoms with Crippen molar-refractivity contribution in [1.29, 1.82) is 0 Å². The fraction of sp³-hybridized carbons (Fsp3) is 0.643. The Morgan fingerprint density at radius 1 is 1.57 bits per heavy atom. The van der Waals surface area contributed by atoms with Crippen molar-refractivity contribution >= 4 is 34.2 Å². The van der Waals surface area contributed by atoms with Gasteiger partial charge in [-0.2, -0.15) is 0 Å². The summed E-state index contributed by atoms with van der Waals surface area (Å²) in [5.41, 5.74) is 6.55. The first-order valence-electron chi connectivity index (χ1n) is 7.00. The zero-order valence-corrected chi connectivity index (χ0v) is 14.8. The normalized spacial score (nSPS) is 22.0. The number of nitrogens with two attached hydrogens (primary N) is 1. The first kappa shape index (κ1) is 18.5. The van der Waals surface area contributed by atoms with Gasteiger partial charge in [0, 0.05) is 43.5 Å². The van der Waals surface area contributed by atoms with Gasteiger partial charge in [-0.05, 0) is 41.8 Å². The number of carbonyl (C=O) groups excluding carboxylic acids is 1. The summed E-state index contributed by atoms with van der Waals surface area (Å²) in [5.74, 6) is 0.0579.